The Balaban J connectivity index is 2.76. The van der Waals surface area contributed by atoms with E-state index in [0.29, 0.717) is 0 Å². The first-order valence-electron chi connectivity index (χ1n) is 4.63. The van der Waals surface area contributed by atoms with E-state index < -0.39 is 0 Å². The van der Waals surface area contributed by atoms with Gasteiger partial charge in [-0.1, -0.05) is 29.1 Å². The van der Waals surface area contributed by atoms with Crippen LogP contribution in [0.2, 0.25) is 0 Å². The molecule has 0 aliphatic heterocycles. The van der Waals surface area contributed by atoms with Crippen molar-refractivity contribution < 1.29 is 5.21 Å². The molecule has 3 heteroatoms. The minimum absolute atomic E-state index is 0.734. The summed E-state index contributed by atoms with van der Waals surface area (Å²) in [4.78, 5) is 2.01. The molecular weight excluding hydrogens is 188 g/mol. The summed E-state index contributed by atoms with van der Waals surface area (Å²) in [6.45, 7) is 0.734. The molecule has 0 bridgehead atoms. The molecule has 0 saturated carbocycles. The predicted molar refractivity (Wildman–Crippen MR) is 61.3 cm³/mol. The topological polar surface area (TPSA) is 35.8 Å². The maximum absolute atomic E-state index is 8.39. The van der Waals surface area contributed by atoms with E-state index in [1.165, 1.54) is 6.21 Å². The van der Waals surface area contributed by atoms with Crippen LogP contribution < -0.4 is 0 Å². The molecule has 78 valence electrons. The van der Waals surface area contributed by atoms with Gasteiger partial charge >= 0.3 is 0 Å². The number of benzene rings is 1. The number of hydrogen-bond acceptors (Lipinski definition) is 3. The van der Waals surface area contributed by atoms with Gasteiger partial charge in [-0.25, -0.2) is 0 Å². The van der Waals surface area contributed by atoms with Crippen LogP contribution in [0.1, 0.15) is 11.1 Å². The normalized spacial score (nSPS) is 10.3. The summed E-state index contributed by atoms with van der Waals surface area (Å²) in [6, 6.07) is 7.55. The van der Waals surface area contributed by atoms with Crippen LogP contribution in [0.5, 0.6) is 0 Å². The van der Waals surface area contributed by atoms with Crippen molar-refractivity contribution in [2.45, 2.75) is 0 Å². The van der Waals surface area contributed by atoms with Gasteiger partial charge in [-0.05, 0) is 31.8 Å². The van der Waals surface area contributed by atoms with E-state index in [1.807, 2.05) is 43.3 Å². The Kier molecular flexibility index (Phi) is 4.39. The van der Waals surface area contributed by atoms with Gasteiger partial charge in [0.15, 0.2) is 0 Å². The number of hydrogen-bond donors (Lipinski definition) is 1. The highest BCUT2D eigenvalue weighted by Crippen LogP contribution is 2.01. The molecule has 3 nitrogen and oxygen atoms in total. The van der Waals surface area contributed by atoms with E-state index in [4.69, 9.17) is 5.21 Å². The fourth-order valence-corrected chi connectivity index (χ4v) is 1.06. The molecule has 1 aromatic carbocycles. The van der Waals surface area contributed by atoms with Gasteiger partial charge in [0.25, 0.3) is 0 Å². The summed E-state index contributed by atoms with van der Waals surface area (Å²) in [5.41, 5.74) is 1.77. The quantitative estimate of drug-likeness (QED) is 0.340. The third kappa shape index (κ3) is 4.30. The molecule has 0 heterocycles. The van der Waals surface area contributed by atoms with Gasteiger partial charge in [-0.15, -0.1) is 0 Å². The fraction of sp³-hybridized carbons (Fsp3) is 0.250. The zero-order valence-electron chi connectivity index (χ0n) is 8.94. The highest BCUT2D eigenvalue weighted by molar-refractivity contribution is 5.79. The van der Waals surface area contributed by atoms with Crippen LogP contribution >= 0.6 is 0 Å². The van der Waals surface area contributed by atoms with Crippen LogP contribution in [0.15, 0.2) is 29.4 Å². The average molecular weight is 202 g/mol. The molecule has 0 unspecified atom stereocenters. The number of nitrogens with zero attached hydrogens (tertiary/aromatic N) is 2. The molecule has 0 spiro atoms. The Morgan fingerprint density at radius 2 is 2.27 bits per heavy atom. The SMILES string of the molecule is CN(C)CC#Cc1cccc(/C=N/O)c1. The van der Waals surface area contributed by atoms with E-state index >= 15 is 0 Å². The second-order valence-electron chi connectivity index (χ2n) is 3.41. The van der Waals surface area contributed by atoms with Crippen LogP contribution in [-0.2, 0) is 0 Å². The van der Waals surface area contributed by atoms with Crippen molar-refractivity contribution in [2.75, 3.05) is 20.6 Å². The summed E-state index contributed by atoms with van der Waals surface area (Å²) in [7, 11) is 3.95. The second-order valence-corrected chi connectivity index (χ2v) is 3.41. The second kappa shape index (κ2) is 5.84. The fourth-order valence-electron chi connectivity index (χ4n) is 1.06. The third-order valence-corrected chi connectivity index (χ3v) is 1.72. The molecule has 0 aliphatic carbocycles. The summed E-state index contributed by atoms with van der Waals surface area (Å²) in [5, 5.41) is 11.4. The van der Waals surface area contributed by atoms with E-state index in [-0.39, 0.29) is 0 Å². The summed E-state index contributed by atoms with van der Waals surface area (Å²) < 4.78 is 0. The maximum Gasteiger partial charge on any atom is 0.0734 e. The van der Waals surface area contributed by atoms with Crippen molar-refractivity contribution in [1.29, 1.82) is 0 Å². The van der Waals surface area contributed by atoms with E-state index in [1.54, 1.807) is 0 Å². The Bertz CT molecular complexity index is 400. The van der Waals surface area contributed by atoms with E-state index in [0.717, 1.165) is 17.7 Å². The average Bonchev–Trinajstić information content (AvgIpc) is 2.18. The monoisotopic (exact) mass is 202 g/mol. The molecule has 15 heavy (non-hydrogen) atoms. The van der Waals surface area contributed by atoms with Gasteiger partial charge in [-0.2, -0.15) is 0 Å². The zero-order chi connectivity index (χ0) is 11.1. The van der Waals surface area contributed by atoms with Crippen molar-refractivity contribution in [1.82, 2.24) is 4.90 Å². The van der Waals surface area contributed by atoms with Crippen LogP contribution in [0.3, 0.4) is 0 Å². The molecule has 1 rings (SSSR count). The lowest BCUT2D eigenvalue weighted by Crippen LogP contribution is -2.10. The van der Waals surface area contributed by atoms with Crippen molar-refractivity contribution in [3.63, 3.8) is 0 Å². The van der Waals surface area contributed by atoms with Gasteiger partial charge in [0, 0.05) is 5.56 Å². The first-order valence-corrected chi connectivity index (χ1v) is 4.63. The number of oxime groups is 1. The van der Waals surface area contributed by atoms with Crippen LogP contribution in [-0.4, -0.2) is 37.0 Å². The molecule has 0 aliphatic rings. The predicted octanol–water partition coefficient (Wildman–Crippen LogP) is 1.41. The lowest BCUT2D eigenvalue weighted by atomic mass is 10.1. The van der Waals surface area contributed by atoms with Crippen molar-refractivity contribution in [3.8, 4) is 11.8 Å². The van der Waals surface area contributed by atoms with E-state index in [9.17, 15) is 0 Å². The largest absolute Gasteiger partial charge is 0.411 e. The lowest BCUT2D eigenvalue weighted by Gasteiger charge is -2.00. The highest BCUT2D eigenvalue weighted by Gasteiger charge is 1.90. The third-order valence-electron chi connectivity index (χ3n) is 1.72. The Labute approximate surface area is 90.0 Å². The molecule has 0 atom stereocenters. The summed E-state index contributed by atoms with van der Waals surface area (Å²) >= 11 is 0. The first kappa shape index (κ1) is 11.3. The molecule has 0 fully saturated rings. The Hall–Kier alpha value is -1.79. The molecule has 0 saturated heterocycles. The smallest absolute Gasteiger partial charge is 0.0734 e. The minimum atomic E-state index is 0.734. The van der Waals surface area contributed by atoms with Gasteiger partial charge in [0.2, 0.25) is 0 Å². The first-order chi connectivity index (χ1) is 7.22. The Morgan fingerprint density at radius 3 is 2.93 bits per heavy atom. The zero-order valence-corrected chi connectivity index (χ0v) is 8.94. The van der Waals surface area contributed by atoms with E-state index in [2.05, 4.69) is 17.0 Å². The lowest BCUT2D eigenvalue weighted by molar-refractivity contribution is 0.322. The molecule has 0 aromatic heterocycles. The molecule has 1 aromatic rings. The van der Waals surface area contributed by atoms with Gasteiger partial charge in [0.1, 0.15) is 0 Å². The van der Waals surface area contributed by atoms with Gasteiger partial charge in [0.05, 0.1) is 12.8 Å². The van der Waals surface area contributed by atoms with Crippen molar-refractivity contribution in [2.24, 2.45) is 5.16 Å². The van der Waals surface area contributed by atoms with Crippen LogP contribution in [0.25, 0.3) is 0 Å². The minimum Gasteiger partial charge on any atom is -0.411 e. The number of rotatable bonds is 2. The summed E-state index contributed by atoms with van der Waals surface area (Å²) in [6.07, 6.45) is 1.39. The van der Waals surface area contributed by atoms with Crippen LogP contribution in [0.4, 0.5) is 0 Å². The maximum atomic E-state index is 8.39. The van der Waals surface area contributed by atoms with Crippen molar-refractivity contribution in [3.05, 3.63) is 35.4 Å². The molecule has 0 amide bonds. The Morgan fingerprint density at radius 1 is 1.47 bits per heavy atom. The van der Waals surface area contributed by atoms with Crippen LogP contribution in [0, 0.1) is 11.8 Å². The standard InChI is InChI=1S/C12H14N2O/c1-14(2)8-4-7-11-5-3-6-12(9-11)10-13-15/h3,5-6,9-10,15H,8H2,1-2H3/b13-10+. The van der Waals surface area contributed by atoms with Gasteiger partial charge in [-0.3, -0.25) is 4.90 Å². The molecule has 1 N–H and O–H groups in total. The molecular formula is C12H14N2O. The molecule has 0 radical (unpaired) electrons. The highest BCUT2D eigenvalue weighted by atomic mass is 16.4. The summed E-state index contributed by atoms with van der Waals surface area (Å²) in [5.74, 6) is 6.08. The van der Waals surface area contributed by atoms with Crippen molar-refractivity contribution >= 4 is 6.21 Å². The van der Waals surface area contributed by atoms with Gasteiger partial charge < -0.3 is 5.21 Å².